The molecule has 32 heavy (non-hydrogen) atoms. The number of benzene rings is 2. The normalized spacial score (nSPS) is 14.0. The summed E-state index contributed by atoms with van der Waals surface area (Å²) in [5, 5.41) is 10.9. The molecule has 2 aromatic heterocycles. The van der Waals surface area contributed by atoms with Gasteiger partial charge in [0, 0.05) is 38.6 Å². The number of nitrogens with zero attached hydrogens (tertiary/aromatic N) is 6. The Hall–Kier alpha value is -3.94. The van der Waals surface area contributed by atoms with Gasteiger partial charge in [0.15, 0.2) is 18.2 Å². The Morgan fingerprint density at radius 3 is 2.41 bits per heavy atom. The van der Waals surface area contributed by atoms with Crippen LogP contribution < -0.4 is 9.64 Å². The molecule has 8 nitrogen and oxygen atoms in total. The first-order valence-electron chi connectivity index (χ1n) is 10.7. The lowest BCUT2D eigenvalue weighted by molar-refractivity contribution is -0.133. The number of anilines is 1. The van der Waals surface area contributed by atoms with Gasteiger partial charge in [-0.15, -0.1) is 10.2 Å². The van der Waals surface area contributed by atoms with E-state index < -0.39 is 0 Å². The number of fused-ring (bicyclic) bond motifs is 1. The summed E-state index contributed by atoms with van der Waals surface area (Å²) >= 11 is 0. The van der Waals surface area contributed by atoms with Crippen molar-refractivity contribution < 1.29 is 9.53 Å². The molecule has 8 heteroatoms. The smallest absolute Gasteiger partial charge is 0.260 e. The van der Waals surface area contributed by atoms with Crippen LogP contribution in [-0.4, -0.2) is 63.3 Å². The average Bonchev–Trinajstić information content (AvgIpc) is 3.28. The Labute approximate surface area is 186 Å². The number of carbonyl (C=O) groups excluding carboxylic acids is 1. The minimum Gasteiger partial charge on any atom is -0.484 e. The number of amides is 1. The Morgan fingerprint density at radius 2 is 1.69 bits per heavy atom. The van der Waals surface area contributed by atoms with Gasteiger partial charge in [0.25, 0.3) is 5.91 Å². The van der Waals surface area contributed by atoms with Gasteiger partial charge < -0.3 is 14.5 Å². The summed E-state index contributed by atoms with van der Waals surface area (Å²) in [4.78, 5) is 20.8. The monoisotopic (exact) mass is 428 g/mol. The van der Waals surface area contributed by atoms with Crippen molar-refractivity contribution in [1.82, 2.24) is 24.6 Å². The predicted octanol–water partition coefficient (Wildman–Crippen LogP) is 2.85. The van der Waals surface area contributed by atoms with E-state index in [9.17, 15) is 4.79 Å². The van der Waals surface area contributed by atoms with E-state index in [1.54, 1.807) is 6.20 Å². The van der Waals surface area contributed by atoms with E-state index in [0.717, 1.165) is 28.2 Å². The first-order chi connectivity index (χ1) is 15.7. The average molecular weight is 428 g/mol. The molecule has 1 aliphatic rings. The fraction of sp³-hybridized carbons (Fsp3) is 0.250. The zero-order valence-electron chi connectivity index (χ0n) is 17.9. The number of hydrogen-bond acceptors (Lipinski definition) is 6. The third kappa shape index (κ3) is 4.12. The minimum absolute atomic E-state index is 0.00479. The molecule has 4 aromatic rings. The van der Waals surface area contributed by atoms with Crippen molar-refractivity contribution in [3.63, 3.8) is 0 Å². The van der Waals surface area contributed by atoms with Crippen molar-refractivity contribution in [2.45, 2.75) is 6.92 Å². The molecule has 0 unspecified atom stereocenters. The molecule has 0 spiro atoms. The number of hydrogen-bond donors (Lipinski definition) is 0. The molecule has 162 valence electrons. The minimum atomic E-state index is -0.00479. The summed E-state index contributed by atoms with van der Waals surface area (Å²) < 4.78 is 7.66. The van der Waals surface area contributed by atoms with Crippen LogP contribution in [0, 0.1) is 6.92 Å². The second kappa shape index (κ2) is 8.66. The van der Waals surface area contributed by atoms with Crippen molar-refractivity contribution in [2.75, 3.05) is 37.7 Å². The lowest BCUT2D eigenvalue weighted by Gasteiger charge is -2.35. The third-order valence-corrected chi connectivity index (χ3v) is 5.75. The van der Waals surface area contributed by atoms with Crippen LogP contribution in [0.4, 0.5) is 5.82 Å². The molecule has 0 N–H and O–H groups in total. The molecule has 5 rings (SSSR count). The first kappa shape index (κ1) is 20.0. The van der Waals surface area contributed by atoms with E-state index in [0.29, 0.717) is 31.9 Å². The quantitative estimate of drug-likeness (QED) is 0.487. The highest BCUT2D eigenvalue weighted by Crippen LogP contribution is 2.21. The van der Waals surface area contributed by atoms with Crippen LogP contribution in [-0.2, 0) is 4.79 Å². The van der Waals surface area contributed by atoms with Crippen molar-refractivity contribution in [1.29, 1.82) is 0 Å². The van der Waals surface area contributed by atoms with E-state index in [2.05, 4.69) is 26.1 Å². The summed E-state index contributed by atoms with van der Waals surface area (Å²) in [6.45, 7) is 4.64. The van der Waals surface area contributed by atoms with Crippen LogP contribution >= 0.6 is 0 Å². The van der Waals surface area contributed by atoms with Gasteiger partial charge in [-0.3, -0.25) is 9.36 Å². The summed E-state index contributed by atoms with van der Waals surface area (Å²) in [5.74, 6) is 3.12. The molecule has 0 radical (unpaired) electrons. The van der Waals surface area contributed by atoms with E-state index in [1.807, 2.05) is 71.1 Å². The Balaban J connectivity index is 1.14. The van der Waals surface area contributed by atoms with Gasteiger partial charge in [0.2, 0.25) is 0 Å². The van der Waals surface area contributed by atoms with Crippen LogP contribution in [0.25, 0.3) is 16.6 Å². The van der Waals surface area contributed by atoms with E-state index in [1.165, 1.54) is 0 Å². The van der Waals surface area contributed by atoms with Crippen LogP contribution in [0.2, 0.25) is 0 Å². The first-order valence-corrected chi connectivity index (χ1v) is 10.7. The van der Waals surface area contributed by atoms with Crippen LogP contribution in [0.15, 0.2) is 67.0 Å². The molecule has 0 saturated carbocycles. The van der Waals surface area contributed by atoms with Crippen LogP contribution in [0.1, 0.15) is 5.82 Å². The van der Waals surface area contributed by atoms with Crippen LogP contribution in [0.5, 0.6) is 5.75 Å². The molecular weight excluding hydrogens is 404 g/mol. The Bertz CT molecular complexity index is 1230. The lowest BCUT2D eigenvalue weighted by atomic mass is 10.1. The van der Waals surface area contributed by atoms with Crippen molar-refractivity contribution in [2.24, 2.45) is 0 Å². The Morgan fingerprint density at radius 1 is 0.938 bits per heavy atom. The van der Waals surface area contributed by atoms with E-state index in [-0.39, 0.29) is 12.5 Å². The largest absolute Gasteiger partial charge is 0.484 e. The molecule has 1 saturated heterocycles. The number of carbonyl (C=O) groups is 1. The second-order valence-electron chi connectivity index (χ2n) is 7.76. The zero-order chi connectivity index (χ0) is 21.9. The van der Waals surface area contributed by atoms with Gasteiger partial charge in [-0.2, -0.15) is 0 Å². The topological polar surface area (TPSA) is 76.4 Å². The zero-order valence-corrected chi connectivity index (χ0v) is 17.9. The molecule has 2 aromatic carbocycles. The number of rotatable bonds is 5. The van der Waals surface area contributed by atoms with Gasteiger partial charge in [-0.25, -0.2) is 4.98 Å². The standard InChI is InChI=1S/C24H24N6O2/c1-18-25-10-11-30(18)23-9-8-22(26-27-23)28-12-14-29(15-13-28)24(31)17-32-21-7-6-19-4-2-3-5-20(19)16-21/h2-11,16H,12-15,17H2,1H3. The predicted molar refractivity (Wildman–Crippen MR) is 122 cm³/mol. The highest BCUT2D eigenvalue weighted by atomic mass is 16.5. The molecular formula is C24H24N6O2. The molecule has 0 bridgehead atoms. The molecule has 1 fully saturated rings. The Kier molecular flexibility index (Phi) is 5.41. The number of piperazine rings is 1. The van der Waals surface area contributed by atoms with Crippen LogP contribution in [0.3, 0.4) is 0 Å². The number of aromatic nitrogens is 4. The number of imidazole rings is 1. The van der Waals surface area contributed by atoms with E-state index in [4.69, 9.17) is 4.74 Å². The second-order valence-corrected chi connectivity index (χ2v) is 7.76. The summed E-state index contributed by atoms with van der Waals surface area (Å²) in [7, 11) is 0. The molecule has 0 aliphatic carbocycles. The van der Waals surface area contributed by atoms with Gasteiger partial charge in [0.05, 0.1) is 0 Å². The third-order valence-electron chi connectivity index (χ3n) is 5.75. The summed E-state index contributed by atoms with van der Waals surface area (Å²) in [6, 6.07) is 17.9. The number of aryl methyl sites for hydroxylation is 1. The highest BCUT2D eigenvalue weighted by molar-refractivity contribution is 5.84. The number of ether oxygens (including phenoxy) is 1. The van der Waals surface area contributed by atoms with Crippen molar-refractivity contribution >= 4 is 22.5 Å². The highest BCUT2D eigenvalue weighted by Gasteiger charge is 2.22. The molecule has 1 aliphatic heterocycles. The lowest BCUT2D eigenvalue weighted by Crippen LogP contribution is -2.50. The van der Waals surface area contributed by atoms with Crippen molar-refractivity contribution in [3.8, 4) is 11.6 Å². The van der Waals surface area contributed by atoms with Crippen molar-refractivity contribution in [3.05, 3.63) is 72.8 Å². The molecule has 0 atom stereocenters. The van der Waals surface area contributed by atoms with Gasteiger partial charge >= 0.3 is 0 Å². The maximum absolute atomic E-state index is 12.6. The fourth-order valence-corrected chi connectivity index (χ4v) is 3.91. The SMILES string of the molecule is Cc1nccn1-c1ccc(N2CCN(C(=O)COc3ccc4ccccc4c3)CC2)nn1. The van der Waals surface area contributed by atoms with Gasteiger partial charge in [-0.1, -0.05) is 30.3 Å². The summed E-state index contributed by atoms with van der Waals surface area (Å²) in [5.41, 5.74) is 0. The maximum Gasteiger partial charge on any atom is 0.260 e. The van der Waals surface area contributed by atoms with Gasteiger partial charge in [0.1, 0.15) is 11.6 Å². The fourth-order valence-electron chi connectivity index (χ4n) is 3.91. The molecule has 3 heterocycles. The van der Waals surface area contributed by atoms with E-state index >= 15 is 0 Å². The summed E-state index contributed by atoms with van der Waals surface area (Å²) in [6.07, 6.45) is 3.61. The maximum atomic E-state index is 12.6. The molecule has 1 amide bonds. The van der Waals surface area contributed by atoms with Gasteiger partial charge in [-0.05, 0) is 42.0 Å².